The molecule has 1 saturated heterocycles. The Morgan fingerprint density at radius 3 is 3.06 bits per heavy atom. The summed E-state index contributed by atoms with van der Waals surface area (Å²) in [5.74, 6) is 2.58. The fourth-order valence-electron chi connectivity index (χ4n) is 2.76. The Balaban J connectivity index is 1.89. The van der Waals surface area contributed by atoms with Gasteiger partial charge in [-0.25, -0.2) is 4.98 Å². The molecule has 16 heavy (non-hydrogen) atoms. The van der Waals surface area contributed by atoms with E-state index in [1.54, 1.807) is 0 Å². The fourth-order valence-corrected chi connectivity index (χ4v) is 4.09. The summed E-state index contributed by atoms with van der Waals surface area (Å²) in [5, 5.41) is 0.618. The molecule has 1 aromatic rings. The lowest BCUT2D eigenvalue weighted by molar-refractivity contribution is 0.447. The third kappa shape index (κ3) is 1.78. The van der Waals surface area contributed by atoms with Crippen LogP contribution in [0.2, 0.25) is 0 Å². The van der Waals surface area contributed by atoms with Gasteiger partial charge in [0.05, 0.1) is 17.1 Å². The van der Waals surface area contributed by atoms with Gasteiger partial charge < -0.3 is 10.3 Å². The highest BCUT2D eigenvalue weighted by atomic mass is 32.2. The highest BCUT2D eigenvalue weighted by Crippen LogP contribution is 2.39. The van der Waals surface area contributed by atoms with Gasteiger partial charge in [-0.1, -0.05) is 6.42 Å². The summed E-state index contributed by atoms with van der Waals surface area (Å²) >= 11 is 2.07. The zero-order valence-electron chi connectivity index (χ0n) is 9.56. The van der Waals surface area contributed by atoms with Gasteiger partial charge in [0.25, 0.3) is 0 Å². The number of imidazole rings is 1. The van der Waals surface area contributed by atoms with E-state index in [-0.39, 0.29) is 6.04 Å². The molecule has 88 valence electrons. The minimum absolute atomic E-state index is 0.212. The quantitative estimate of drug-likeness (QED) is 0.816. The van der Waals surface area contributed by atoms with Gasteiger partial charge in [0.2, 0.25) is 0 Å². The molecule has 3 nitrogen and oxygen atoms in total. The van der Waals surface area contributed by atoms with Crippen molar-refractivity contribution >= 4 is 11.8 Å². The number of aromatic nitrogens is 2. The Morgan fingerprint density at radius 1 is 1.31 bits per heavy atom. The topological polar surface area (TPSA) is 43.8 Å². The van der Waals surface area contributed by atoms with E-state index in [1.165, 1.54) is 43.0 Å². The lowest BCUT2D eigenvalue weighted by atomic mass is 10.1. The second-order valence-corrected chi connectivity index (χ2v) is 6.11. The smallest absolute Gasteiger partial charge is 0.122 e. The monoisotopic (exact) mass is 237 g/mol. The molecule has 4 heteroatoms. The van der Waals surface area contributed by atoms with Crippen LogP contribution in [-0.4, -0.2) is 15.3 Å². The maximum Gasteiger partial charge on any atom is 0.122 e. The first-order valence-electron chi connectivity index (χ1n) is 6.29. The first kappa shape index (κ1) is 10.7. The zero-order chi connectivity index (χ0) is 11.0. The second kappa shape index (κ2) is 4.41. The van der Waals surface area contributed by atoms with Crippen LogP contribution in [0.3, 0.4) is 0 Å². The number of hydrogen-bond acceptors (Lipinski definition) is 3. The van der Waals surface area contributed by atoms with Gasteiger partial charge in [-0.15, -0.1) is 0 Å². The normalized spacial score (nSPS) is 30.1. The molecule has 0 amide bonds. The van der Waals surface area contributed by atoms with Crippen molar-refractivity contribution < 1.29 is 0 Å². The lowest BCUT2D eigenvalue weighted by Crippen LogP contribution is -2.23. The first-order chi connectivity index (χ1) is 7.86. The average molecular weight is 237 g/mol. The van der Waals surface area contributed by atoms with Crippen molar-refractivity contribution in [3.05, 3.63) is 17.7 Å². The molecule has 2 atom stereocenters. The van der Waals surface area contributed by atoms with Crippen LogP contribution in [0, 0.1) is 0 Å². The van der Waals surface area contributed by atoms with Gasteiger partial charge in [-0.2, -0.15) is 11.8 Å². The fraction of sp³-hybridized carbons (Fsp3) is 0.750. The highest BCUT2D eigenvalue weighted by Gasteiger charge is 2.26. The van der Waals surface area contributed by atoms with Gasteiger partial charge >= 0.3 is 0 Å². The summed E-state index contributed by atoms with van der Waals surface area (Å²) in [5.41, 5.74) is 7.38. The van der Waals surface area contributed by atoms with E-state index in [2.05, 4.69) is 21.3 Å². The molecular formula is C12H19N3S. The van der Waals surface area contributed by atoms with E-state index in [4.69, 9.17) is 5.73 Å². The number of thioether (sulfide) groups is 1. The van der Waals surface area contributed by atoms with Crippen molar-refractivity contribution in [2.24, 2.45) is 5.73 Å². The predicted octanol–water partition coefficient (Wildman–Crippen LogP) is 2.63. The standard InChI is InChI=1S/C12H19N3S/c13-9-4-3-6-15-10(9)8-14-12(15)11-5-1-2-7-16-11/h8-9,11H,1-7,13H2. The molecule has 2 N–H and O–H groups in total. The number of nitrogens with two attached hydrogens (primary N) is 1. The average Bonchev–Trinajstić information content (AvgIpc) is 2.75. The van der Waals surface area contributed by atoms with Crippen molar-refractivity contribution in [1.82, 2.24) is 9.55 Å². The zero-order valence-corrected chi connectivity index (χ0v) is 10.4. The maximum absolute atomic E-state index is 6.12. The van der Waals surface area contributed by atoms with Crippen molar-refractivity contribution in [2.75, 3.05) is 5.75 Å². The summed E-state index contributed by atoms with van der Waals surface area (Å²) in [6.45, 7) is 1.12. The Morgan fingerprint density at radius 2 is 2.25 bits per heavy atom. The third-order valence-electron chi connectivity index (χ3n) is 3.66. The Kier molecular flexibility index (Phi) is 2.94. The summed E-state index contributed by atoms with van der Waals surface area (Å²) in [6.07, 6.45) is 8.34. The molecule has 3 heterocycles. The Labute approximate surface area is 101 Å². The molecule has 2 aliphatic rings. The van der Waals surface area contributed by atoms with E-state index < -0.39 is 0 Å². The Bertz CT molecular complexity index is 368. The number of hydrogen-bond donors (Lipinski definition) is 1. The van der Waals surface area contributed by atoms with Crippen LogP contribution in [0.15, 0.2) is 6.20 Å². The molecule has 0 spiro atoms. The molecule has 1 fully saturated rings. The SMILES string of the molecule is NC1CCCn2c1cnc2C1CCCCS1. The molecule has 2 aliphatic heterocycles. The largest absolute Gasteiger partial charge is 0.330 e. The van der Waals surface area contributed by atoms with E-state index >= 15 is 0 Å². The maximum atomic E-state index is 6.12. The van der Waals surface area contributed by atoms with Crippen molar-refractivity contribution in [3.63, 3.8) is 0 Å². The molecule has 0 radical (unpaired) electrons. The van der Waals surface area contributed by atoms with Crippen LogP contribution in [0.5, 0.6) is 0 Å². The van der Waals surface area contributed by atoms with Crippen LogP contribution in [0.1, 0.15) is 54.9 Å². The summed E-state index contributed by atoms with van der Waals surface area (Å²) in [7, 11) is 0. The van der Waals surface area contributed by atoms with Gasteiger partial charge in [0.1, 0.15) is 5.82 Å². The molecule has 0 aliphatic carbocycles. The van der Waals surface area contributed by atoms with E-state index in [0.717, 1.165) is 13.0 Å². The number of nitrogens with zero attached hydrogens (tertiary/aromatic N) is 2. The second-order valence-electron chi connectivity index (χ2n) is 4.80. The molecule has 0 bridgehead atoms. The molecule has 0 saturated carbocycles. The highest BCUT2D eigenvalue weighted by molar-refractivity contribution is 7.99. The predicted molar refractivity (Wildman–Crippen MR) is 67.4 cm³/mol. The van der Waals surface area contributed by atoms with Crippen molar-refractivity contribution in [2.45, 2.75) is 49.9 Å². The van der Waals surface area contributed by atoms with Crippen LogP contribution in [-0.2, 0) is 6.54 Å². The minimum Gasteiger partial charge on any atom is -0.330 e. The van der Waals surface area contributed by atoms with E-state index in [9.17, 15) is 0 Å². The van der Waals surface area contributed by atoms with Crippen LogP contribution in [0.25, 0.3) is 0 Å². The van der Waals surface area contributed by atoms with E-state index in [1.807, 2.05) is 6.20 Å². The number of fused-ring (bicyclic) bond motifs is 1. The van der Waals surface area contributed by atoms with E-state index in [0.29, 0.717) is 5.25 Å². The van der Waals surface area contributed by atoms with Crippen molar-refractivity contribution in [1.29, 1.82) is 0 Å². The minimum atomic E-state index is 0.212. The third-order valence-corrected chi connectivity index (χ3v) is 5.03. The van der Waals surface area contributed by atoms with Gasteiger partial charge in [0, 0.05) is 12.6 Å². The first-order valence-corrected chi connectivity index (χ1v) is 7.33. The summed E-state index contributed by atoms with van der Waals surface area (Å²) < 4.78 is 2.39. The lowest BCUT2D eigenvalue weighted by Gasteiger charge is -2.26. The van der Waals surface area contributed by atoms with Crippen LogP contribution in [0.4, 0.5) is 0 Å². The van der Waals surface area contributed by atoms with Gasteiger partial charge in [-0.3, -0.25) is 0 Å². The molecular weight excluding hydrogens is 218 g/mol. The van der Waals surface area contributed by atoms with Gasteiger partial charge in [-0.05, 0) is 31.4 Å². The van der Waals surface area contributed by atoms with Crippen LogP contribution >= 0.6 is 11.8 Å². The molecule has 2 unspecified atom stereocenters. The molecule has 0 aromatic carbocycles. The van der Waals surface area contributed by atoms with Crippen LogP contribution < -0.4 is 5.73 Å². The molecule has 3 rings (SSSR count). The number of rotatable bonds is 1. The summed E-state index contributed by atoms with van der Waals surface area (Å²) in [4.78, 5) is 4.63. The summed E-state index contributed by atoms with van der Waals surface area (Å²) in [6, 6.07) is 0.212. The Hall–Kier alpha value is -0.480. The molecule has 1 aromatic heterocycles. The van der Waals surface area contributed by atoms with Crippen molar-refractivity contribution in [3.8, 4) is 0 Å². The van der Waals surface area contributed by atoms with Gasteiger partial charge in [0.15, 0.2) is 0 Å².